The molecule has 2 aromatic carbocycles. The number of nitrogens with one attached hydrogen (secondary N) is 1. The molecule has 0 aliphatic rings. The van der Waals surface area contributed by atoms with Crippen LogP contribution in [0.4, 0.5) is 5.69 Å². The number of amides is 1. The summed E-state index contributed by atoms with van der Waals surface area (Å²) in [4.78, 5) is 12.5. The third kappa shape index (κ3) is 6.44. The number of nitrogens with zero attached hydrogens (tertiary/aromatic N) is 1. The van der Waals surface area contributed by atoms with E-state index in [2.05, 4.69) is 11.9 Å². The monoisotopic (exact) mass is 416 g/mol. The van der Waals surface area contributed by atoms with E-state index < -0.39 is 10.0 Å². The van der Waals surface area contributed by atoms with E-state index in [9.17, 15) is 13.2 Å². The van der Waals surface area contributed by atoms with E-state index in [1.807, 2.05) is 26.0 Å². The van der Waals surface area contributed by atoms with Gasteiger partial charge in [0, 0.05) is 31.3 Å². The fraction of sp³-hybridized carbons (Fsp3) is 0.318. The average Bonchev–Trinajstić information content (AvgIpc) is 2.72. The molecule has 0 heterocycles. The highest BCUT2D eigenvalue weighted by atomic mass is 32.2. The molecule has 6 nitrogen and oxygen atoms in total. The molecule has 0 saturated carbocycles. The highest BCUT2D eigenvalue weighted by molar-refractivity contribution is 7.89. The Morgan fingerprint density at radius 2 is 1.83 bits per heavy atom. The quantitative estimate of drug-likeness (QED) is 0.565. The minimum Gasteiger partial charge on any atom is -0.489 e. The molecule has 0 aliphatic carbocycles. The van der Waals surface area contributed by atoms with Crippen molar-refractivity contribution in [1.29, 1.82) is 0 Å². The summed E-state index contributed by atoms with van der Waals surface area (Å²) in [7, 11) is -3.46. The van der Waals surface area contributed by atoms with Crippen LogP contribution in [0.25, 0.3) is 0 Å². The number of sulfonamides is 1. The molecule has 0 atom stereocenters. The molecule has 0 fully saturated rings. The van der Waals surface area contributed by atoms with E-state index in [0.29, 0.717) is 44.0 Å². The largest absolute Gasteiger partial charge is 0.489 e. The lowest BCUT2D eigenvalue weighted by atomic mass is 10.1. The van der Waals surface area contributed by atoms with Gasteiger partial charge < -0.3 is 10.1 Å². The number of anilines is 1. The number of carbonyl (C=O) groups is 1. The number of benzene rings is 2. The molecule has 0 bridgehead atoms. The molecule has 0 radical (unpaired) electrons. The van der Waals surface area contributed by atoms with Gasteiger partial charge in [-0.2, -0.15) is 4.31 Å². The Balaban J connectivity index is 1.93. The average molecular weight is 417 g/mol. The topological polar surface area (TPSA) is 75.7 Å². The van der Waals surface area contributed by atoms with E-state index in [4.69, 9.17) is 4.74 Å². The summed E-state index contributed by atoms with van der Waals surface area (Å²) in [5, 5.41) is 2.85. The molecule has 1 N–H and O–H groups in total. The van der Waals surface area contributed by atoms with E-state index in [-0.39, 0.29) is 10.8 Å². The number of rotatable bonds is 11. The van der Waals surface area contributed by atoms with Gasteiger partial charge in [-0.05, 0) is 36.2 Å². The van der Waals surface area contributed by atoms with Crippen molar-refractivity contribution in [2.45, 2.75) is 31.6 Å². The Morgan fingerprint density at radius 3 is 2.45 bits per heavy atom. The zero-order valence-electron chi connectivity index (χ0n) is 16.9. The molecule has 0 unspecified atom stereocenters. The fourth-order valence-electron chi connectivity index (χ4n) is 2.84. The highest BCUT2D eigenvalue weighted by Crippen LogP contribution is 2.19. The molecule has 29 heavy (non-hydrogen) atoms. The third-order valence-corrected chi connectivity index (χ3v) is 6.46. The van der Waals surface area contributed by atoms with Gasteiger partial charge in [-0.1, -0.05) is 44.7 Å². The van der Waals surface area contributed by atoms with Crippen molar-refractivity contribution in [1.82, 2.24) is 4.31 Å². The van der Waals surface area contributed by atoms with Crippen LogP contribution in [0.15, 0.2) is 66.1 Å². The molecule has 1 amide bonds. The second kappa shape index (κ2) is 10.8. The number of carbonyl (C=O) groups excluding carboxylic acids is 1. The van der Waals surface area contributed by atoms with Gasteiger partial charge in [0.1, 0.15) is 12.4 Å². The number of hydrogen-bond acceptors (Lipinski definition) is 4. The SMILES string of the molecule is C=CCOc1cccc(NC(=O)CCc2ccc(S(=O)(=O)N(CC)CC)cc2)c1. The van der Waals surface area contributed by atoms with Crippen LogP contribution < -0.4 is 10.1 Å². The van der Waals surface area contributed by atoms with Crippen LogP contribution in [0.2, 0.25) is 0 Å². The van der Waals surface area contributed by atoms with Crippen molar-refractivity contribution in [2.24, 2.45) is 0 Å². The standard InChI is InChI=1S/C22H28N2O4S/c1-4-16-28-20-9-7-8-19(17-20)23-22(25)15-12-18-10-13-21(14-11-18)29(26,27)24(5-2)6-3/h4,7-11,13-14,17H,1,5-6,12,15-16H2,2-3H3,(H,23,25). The second-order valence-corrected chi connectivity index (χ2v) is 8.35. The van der Waals surface area contributed by atoms with Crippen LogP contribution in [-0.4, -0.2) is 38.3 Å². The van der Waals surface area contributed by atoms with E-state index >= 15 is 0 Å². The summed E-state index contributed by atoms with van der Waals surface area (Å²) < 4.78 is 31.9. The summed E-state index contributed by atoms with van der Waals surface area (Å²) in [6.45, 7) is 8.50. The van der Waals surface area contributed by atoms with Crippen molar-refractivity contribution < 1.29 is 17.9 Å². The van der Waals surface area contributed by atoms with Crippen LogP contribution >= 0.6 is 0 Å². The number of aryl methyl sites for hydroxylation is 1. The van der Waals surface area contributed by atoms with Crippen molar-refractivity contribution in [3.8, 4) is 5.75 Å². The first-order chi connectivity index (χ1) is 13.9. The van der Waals surface area contributed by atoms with Gasteiger partial charge in [-0.3, -0.25) is 4.79 Å². The van der Waals surface area contributed by atoms with Crippen molar-refractivity contribution in [3.63, 3.8) is 0 Å². The first-order valence-electron chi connectivity index (χ1n) is 9.63. The van der Waals surface area contributed by atoms with Gasteiger partial charge in [-0.25, -0.2) is 8.42 Å². The number of hydrogen-bond donors (Lipinski definition) is 1. The molecule has 2 rings (SSSR count). The minimum absolute atomic E-state index is 0.120. The Labute approximate surface area is 173 Å². The lowest BCUT2D eigenvalue weighted by molar-refractivity contribution is -0.116. The van der Waals surface area contributed by atoms with Crippen LogP contribution in [-0.2, 0) is 21.2 Å². The molecule has 0 aliphatic heterocycles. The summed E-state index contributed by atoms with van der Waals surface area (Å²) in [5.74, 6) is 0.540. The first kappa shape index (κ1) is 22.6. The molecular weight excluding hydrogens is 388 g/mol. The van der Waals surface area contributed by atoms with Gasteiger partial charge in [0.15, 0.2) is 0 Å². The Hall–Kier alpha value is -2.64. The van der Waals surface area contributed by atoms with Gasteiger partial charge in [-0.15, -0.1) is 0 Å². The maximum atomic E-state index is 12.5. The maximum Gasteiger partial charge on any atom is 0.243 e. The Morgan fingerprint density at radius 1 is 1.14 bits per heavy atom. The summed E-state index contributed by atoms with van der Waals surface area (Å²) in [6, 6.07) is 13.9. The van der Waals surface area contributed by atoms with Gasteiger partial charge in [0.05, 0.1) is 4.90 Å². The molecular formula is C22H28N2O4S. The zero-order valence-corrected chi connectivity index (χ0v) is 17.7. The predicted octanol–water partition coefficient (Wildman–Crippen LogP) is 3.85. The second-order valence-electron chi connectivity index (χ2n) is 6.41. The van der Waals surface area contributed by atoms with E-state index in [1.54, 1.807) is 42.5 Å². The molecule has 156 valence electrons. The van der Waals surface area contributed by atoms with E-state index in [1.165, 1.54) is 4.31 Å². The normalized spacial score (nSPS) is 11.3. The predicted molar refractivity (Wildman–Crippen MR) is 116 cm³/mol. The first-order valence-corrected chi connectivity index (χ1v) is 11.1. The summed E-state index contributed by atoms with van der Waals surface area (Å²) in [5.41, 5.74) is 1.57. The zero-order chi connectivity index (χ0) is 21.3. The molecule has 7 heteroatoms. The molecule has 0 aromatic heterocycles. The number of ether oxygens (including phenoxy) is 1. The Bertz CT molecular complexity index is 920. The highest BCUT2D eigenvalue weighted by Gasteiger charge is 2.21. The van der Waals surface area contributed by atoms with Gasteiger partial charge in [0.25, 0.3) is 0 Å². The van der Waals surface area contributed by atoms with Crippen LogP contribution in [0.3, 0.4) is 0 Å². The minimum atomic E-state index is -3.46. The van der Waals surface area contributed by atoms with Crippen molar-refractivity contribution in [3.05, 3.63) is 66.7 Å². The Kier molecular flexibility index (Phi) is 8.42. The van der Waals surface area contributed by atoms with Crippen LogP contribution in [0.1, 0.15) is 25.8 Å². The molecule has 0 spiro atoms. The summed E-state index contributed by atoms with van der Waals surface area (Å²) in [6.07, 6.45) is 2.47. The smallest absolute Gasteiger partial charge is 0.243 e. The third-order valence-electron chi connectivity index (χ3n) is 4.39. The van der Waals surface area contributed by atoms with Crippen molar-refractivity contribution >= 4 is 21.6 Å². The van der Waals surface area contributed by atoms with E-state index in [0.717, 1.165) is 5.56 Å². The van der Waals surface area contributed by atoms with Crippen LogP contribution in [0.5, 0.6) is 5.75 Å². The van der Waals surface area contributed by atoms with Crippen molar-refractivity contribution in [2.75, 3.05) is 25.0 Å². The van der Waals surface area contributed by atoms with Crippen LogP contribution in [0, 0.1) is 0 Å². The molecule has 2 aromatic rings. The summed E-state index contributed by atoms with van der Waals surface area (Å²) >= 11 is 0. The van der Waals surface area contributed by atoms with Gasteiger partial charge in [0.2, 0.25) is 15.9 Å². The fourth-order valence-corrected chi connectivity index (χ4v) is 4.30. The lowest BCUT2D eigenvalue weighted by Crippen LogP contribution is -2.30. The lowest BCUT2D eigenvalue weighted by Gasteiger charge is -2.18. The molecule has 0 saturated heterocycles. The maximum absolute atomic E-state index is 12.5. The van der Waals surface area contributed by atoms with Gasteiger partial charge >= 0.3 is 0 Å².